The van der Waals surface area contributed by atoms with E-state index in [-0.39, 0.29) is 0 Å². The van der Waals surface area contributed by atoms with Gasteiger partial charge in [0.2, 0.25) is 5.91 Å². The van der Waals surface area contributed by atoms with E-state index in [2.05, 4.69) is 10.2 Å². The summed E-state index contributed by atoms with van der Waals surface area (Å²) in [6.45, 7) is 1.76. The number of primary amides is 1. The van der Waals surface area contributed by atoms with Crippen LogP contribution in [0.4, 0.5) is 11.4 Å². The van der Waals surface area contributed by atoms with Crippen molar-refractivity contribution in [2.45, 2.75) is 25.4 Å². The first kappa shape index (κ1) is 18.0. The topological polar surface area (TPSA) is 102 Å². The van der Waals surface area contributed by atoms with E-state index in [1.807, 2.05) is 12.1 Å². The van der Waals surface area contributed by atoms with Gasteiger partial charge in [0.25, 0.3) is 5.91 Å². The summed E-state index contributed by atoms with van der Waals surface area (Å²) in [5.41, 5.74) is 8.30. The Morgan fingerprint density at radius 1 is 1.11 bits per heavy atom. The molecule has 0 aromatic heterocycles. The van der Waals surface area contributed by atoms with Crippen LogP contribution in [0.15, 0.2) is 42.5 Å². The summed E-state index contributed by atoms with van der Waals surface area (Å²) < 4.78 is 5.33. The molecule has 2 aliphatic rings. The number of rotatable bonds is 4. The summed E-state index contributed by atoms with van der Waals surface area (Å²) in [7, 11) is 0. The molecule has 0 aliphatic carbocycles. The van der Waals surface area contributed by atoms with Gasteiger partial charge in [0, 0.05) is 25.1 Å². The Labute approximate surface area is 162 Å². The molecule has 28 heavy (non-hydrogen) atoms. The molecule has 1 saturated heterocycles. The number of carbonyl (C=O) groups excluding carboxylic acids is 3. The third-order valence-electron chi connectivity index (χ3n) is 5.17. The molecule has 0 spiro atoms. The van der Waals surface area contributed by atoms with Crippen LogP contribution in [0.25, 0.3) is 0 Å². The highest BCUT2D eigenvalue weighted by atomic mass is 16.5. The van der Waals surface area contributed by atoms with E-state index in [0.29, 0.717) is 23.2 Å². The summed E-state index contributed by atoms with van der Waals surface area (Å²) in [5, 5.41) is 2.84. The number of anilines is 2. The first-order valence-corrected chi connectivity index (χ1v) is 9.31. The molecule has 1 fully saturated rings. The molecule has 0 unspecified atom stereocenters. The fourth-order valence-electron chi connectivity index (χ4n) is 3.71. The van der Waals surface area contributed by atoms with Crippen molar-refractivity contribution in [3.05, 3.63) is 59.2 Å². The van der Waals surface area contributed by atoms with Gasteiger partial charge >= 0.3 is 5.97 Å². The number of amides is 2. The monoisotopic (exact) mass is 379 g/mol. The molecule has 144 valence electrons. The third-order valence-corrected chi connectivity index (χ3v) is 5.17. The van der Waals surface area contributed by atoms with E-state index in [0.717, 1.165) is 37.2 Å². The number of ether oxygens (including phenoxy) is 1. The molecular weight excluding hydrogens is 358 g/mol. The molecule has 7 heteroatoms. The maximum absolute atomic E-state index is 12.8. The van der Waals surface area contributed by atoms with Crippen molar-refractivity contribution in [2.24, 2.45) is 5.73 Å². The van der Waals surface area contributed by atoms with Gasteiger partial charge in [-0.15, -0.1) is 0 Å². The van der Waals surface area contributed by atoms with Crippen molar-refractivity contribution < 1.29 is 19.1 Å². The number of nitrogens with two attached hydrogens (primary N) is 1. The van der Waals surface area contributed by atoms with Crippen LogP contribution in [-0.4, -0.2) is 37.0 Å². The van der Waals surface area contributed by atoms with Crippen molar-refractivity contribution in [1.29, 1.82) is 0 Å². The summed E-state index contributed by atoms with van der Waals surface area (Å²) in [5.74, 6) is -1.50. The molecule has 1 atom stereocenters. The van der Waals surface area contributed by atoms with E-state index < -0.39 is 23.9 Å². The molecule has 0 saturated carbocycles. The number of carbonyl (C=O) groups is 3. The van der Waals surface area contributed by atoms with Crippen molar-refractivity contribution in [1.82, 2.24) is 0 Å². The number of benzene rings is 2. The minimum absolute atomic E-state index is 0.308. The number of nitrogens with one attached hydrogen (secondary N) is 1. The van der Waals surface area contributed by atoms with Crippen LogP contribution in [-0.2, 0) is 16.0 Å². The molecule has 0 bridgehead atoms. The van der Waals surface area contributed by atoms with Crippen LogP contribution in [0, 0.1) is 0 Å². The van der Waals surface area contributed by atoms with Gasteiger partial charge in [-0.25, -0.2) is 4.79 Å². The Kier molecular flexibility index (Phi) is 4.73. The Hall–Kier alpha value is -3.35. The number of fused-ring (bicyclic) bond motifs is 1. The minimum Gasteiger partial charge on any atom is -0.448 e. The maximum Gasteiger partial charge on any atom is 0.339 e. The summed E-state index contributed by atoms with van der Waals surface area (Å²) in [6.07, 6.45) is 1.53. The highest BCUT2D eigenvalue weighted by Gasteiger charge is 2.31. The van der Waals surface area contributed by atoms with Gasteiger partial charge in [0.1, 0.15) is 0 Å². The number of hydrogen-bond donors (Lipinski definition) is 2. The van der Waals surface area contributed by atoms with Crippen LogP contribution < -0.4 is 16.0 Å². The lowest BCUT2D eigenvalue weighted by atomic mass is 9.98. The molecule has 4 rings (SSSR count). The number of esters is 1. The van der Waals surface area contributed by atoms with Crippen molar-refractivity contribution in [2.75, 3.05) is 23.3 Å². The Bertz CT molecular complexity index is 950. The quantitative estimate of drug-likeness (QED) is 0.792. The van der Waals surface area contributed by atoms with E-state index in [9.17, 15) is 14.4 Å². The first-order chi connectivity index (χ1) is 13.5. The zero-order chi connectivity index (χ0) is 19.7. The number of hydrogen-bond acceptors (Lipinski definition) is 5. The second-order valence-corrected chi connectivity index (χ2v) is 7.03. The fraction of sp³-hybridized carbons (Fsp3) is 0.286. The second kappa shape index (κ2) is 7.34. The Morgan fingerprint density at radius 3 is 2.61 bits per heavy atom. The van der Waals surface area contributed by atoms with Gasteiger partial charge in [0.05, 0.1) is 16.9 Å². The average molecular weight is 379 g/mol. The predicted molar refractivity (Wildman–Crippen MR) is 104 cm³/mol. The third kappa shape index (κ3) is 3.43. The van der Waals surface area contributed by atoms with Gasteiger partial charge in [-0.1, -0.05) is 18.2 Å². The van der Waals surface area contributed by atoms with Crippen molar-refractivity contribution >= 4 is 29.2 Å². The van der Waals surface area contributed by atoms with Crippen molar-refractivity contribution in [3.8, 4) is 0 Å². The molecule has 0 radical (unpaired) electrons. The SMILES string of the molecule is NC(=O)c1ccc(N2CCCC2)c(NC(=O)[C@@H]2Cc3ccccc3C(=O)O2)c1. The van der Waals surface area contributed by atoms with E-state index in [1.165, 1.54) is 0 Å². The zero-order valence-electron chi connectivity index (χ0n) is 15.3. The number of cyclic esters (lactones) is 1. The first-order valence-electron chi connectivity index (χ1n) is 9.31. The minimum atomic E-state index is -0.925. The Balaban J connectivity index is 1.59. The zero-order valence-corrected chi connectivity index (χ0v) is 15.3. The lowest BCUT2D eigenvalue weighted by molar-refractivity contribution is -0.125. The normalized spacial score (nSPS) is 18.4. The summed E-state index contributed by atoms with van der Waals surface area (Å²) >= 11 is 0. The largest absolute Gasteiger partial charge is 0.448 e. The van der Waals surface area contributed by atoms with E-state index in [1.54, 1.807) is 30.3 Å². The molecule has 2 aliphatic heterocycles. The lowest BCUT2D eigenvalue weighted by Gasteiger charge is -2.26. The highest BCUT2D eigenvalue weighted by molar-refractivity contribution is 6.03. The van der Waals surface area contributed by atoms with Gasteiger partial charge in [-0.05, 0) is 42.7 Å². The average Bonchev–Trinajstić information content (AvgIpc) is 3.22. The van der Waals surface area contributed by atoms with E-state index >= 15 is 0 Å². The second-order valence-electron chi connectivity index (χ2n) is 7.03. The molecule has 7 nitrogen and oxygen atoms in total. The summed E-state index contributed by atoms with van der Waals surface area (Å²) in [6, 6.07) is 12.1. The van der Waals surface area contributed by atoms with Gasteiger partial charge in [-0.2, -0.15) is 0 Å². The van der Waals surface area contributed by atoms with Crippen molar-refractivity contribution in [3.63, 3.8) is 0 Å². The van der Waals surface area contributed by atoms with Gasteiger partial charge in [-0.3, -0.25) is 9.59 Å². The molecule has 2 aromatic carbocycles. The van der Waals surface area contributed by atoms with Crippen LogP contribution in [0.3, 0.4) is 0 Å². The standard InChI is InChI=1S/C21H21N3O4/c22-19(25)14-7-8-17(24-9-3-4-10-24)16(11-14)23-20(26)18-12-13-5-1-2-6-15(13)21(27)28-18/h1-2,5-8,11,18H,3-4,9-10,12H2,(H2,22,25)(H,23,26)/t18-/m0/s1. The van der Waals surface area contributed by atoms with Gasteiger partial charge in [0.15, 0.2) is 6.10 Å². The van der Waals surface area contributed by atoms with Crippen LogP contribution in [0.5, 0.6) is 0 Å². The van der Waals surface area contributed by atoms with Crippen LogP contribution >= 0.6 is 0 Å². The van der Waals surface area contributed by atoms with Crippen LogP contribution in [0.2, 0.25) is 0 Å². The van der Waals surface area contributed by atoms with Gasteiger partial charge < -0.3 is 20.7 Å². The molecule has 2 heterocycles. The smallest absolute Gasteiger partial charge is 0.339 e. The maximum atomic E-state index is 12.8. The molecular formula is C21H21N3O4. The number of nitrogens with zero attached hydrogens (tertiary/aromatic N) is 1. The predicted octanol–water partition coefficient (Wildman–Crippen LogP) is 2.11. The highest BCUT2D eigenvalue weighted by Crippen LogP contribution is 2.31. The summed E-state index contributed by atoms with van der Waals surface area (Å²) in [4.78, 5) is 38.8. The molecule has 3 N–H and O–H groups in total. The van der Waals surface area contributed by atoms with E-state index in [4.69, 9.17) is 10.5 Å². The van der Waals surface area contributed by atoms with Crippen LogP contribution in [0.1, 0.15) is 39.1 Å². The molecule has 2 aromatic rings. The fourth-order valence-corrected chi connectivity index (χ4v) is 3.71. The Morgan fingerprint density at radius 2 is 1.86 bits per heavy atom. The molecule has 2 amide bonds. The lowest BCUT2D eigenvalue weighted by Crippen LogP contribution is -2.38.